The number of carbonyl (C=O) groups excluding carboxylic acids is 2. The lowest BCUT2D eigenvalue weighted by atomic mass is 10.2. The number of nitrogens with one attached hydrogen (secondary N) is 1. The molecule has 91 valence electrons. The van der Waals surface area contributed by atoms with Crippen LogP contribution in [0, 0.1) is 6.92 Å². The first kappa shape index (κ1) is 13.7. The predicted octanol–water partition coefficient (Wildman–Crippen LogP) is 1.94. The van der Waals surface area contributed by atoms with Crippen molar-refractivity contribution in [3.63, 3.8) is 0 Å². The minimum Gasteiger partial charge on any atom is -0.469 e. The van der Waals surface area contributed by atoms with Gasteiger partial charge in [-0.2, -0.15) is 0 Å². The number of methoxy groups -OCH3 is 1. The Hall–Kier alpha value is -1.36. The molecule has 1 radical (unpaired) electrons. The van der Waals surface area contributed by atoms with Crippen molar-refractivity contribution < 1.29 is 14.3 Å². The Bertz CT molecular complexity index is 403. The Balaban J connectivity index is 2.54. The van der Waals surface area contributed by atoms with Gasteiger partial charge in [0, 0.05) is 16.1 Å². The molecule has 0 spiro atoms. The maximum absolute atomic E-state index is 11.7. The van der Waals surface area contributed by atoms with Gasteiger partial charge in [0.25, 0.3) is 5.91 Å². The number of benzene rings is 1. The van der Waals surface area contributed by atoms with Crippen LogP contribution in [-0.4, -0.2) is 25.0 Å². The number of esters is 1. The van der Waals surface area contributed by atoms with Crippen LogP contribution >= 0.6 is 15.9 Å². The van der Waals surface area contributed by atoms with Gasteiger partial charge in [-0.15, -0.1) is 0 Å². The number of rotatable bonds is 4. The monoisotopic (exact) mass is 298 g/mol. The molecular weight excluding hydrogens is 286 g/mol. The molecule has 0 aliphatic carbocycles. The van der Waals surface area contributed by atoms with Gasteiger partial charge < -0.3 is 10.1 Å². The Labute approximate surface area is 108 Å². The summed E-state index contributed by atoms with van der Waals surface area (Å²) in [6, 6.07) is 6.41. The molecule has 0 fully saturated rings. The summed E-state index contributed by atoms with van der Waals surface area (Å²) in [5.41, 5.74) is 0.520. The number of ether oxygens (including phenoxy) is 1. The van der Waals surface area contributed by atoms with Crippen LogP contribution in [-0.2, 0) is 9.53 Å². The highest BCUT2D eigenvalue weighted by atomic mass is 79.9. The normalized spacial score (nSPS) is 11.7. The second-order valence-corrected chi connectivity index (χ2v) is 4.37. The van der Waals surface area contributed by atoms with Gasteiger partial charge in [-0.3, -0.25) is 9.59 Å². The van der Waals surface area contributed by atoms with Crippen LogP contribution in [0.1, 0.15) is 16.8 Å². The van der Waals surface area contributed by atoms with Crippen molar-refractivity contribution in [2.45, 2.75) is 12.5 Å². The molecule has 1 aromatic rings. The van der Waals surface area contributed by atoms with Crippen LogP contribution in [0.3, 0.4) is 0 Å². The first-order valence-electron chi connectivity index (χ1n) is 4.99. The molecule has 1 amide bonds. The van der Waals surface area contributed by atoms with E-state index < -0.39 is 12.0 Å². The number of hydrogen-bond acceptors (Lipinski definition) is 3. The Morgan fingerprint density at radius 3 is 2.53 bits per heavy atom. The Morgan fingerprint density at radius 2 is 2.00 bits per heavy atom. The lowest BCUT2D eigenvalue weighted by Crippen LogP contribution is -2.34. The summed E-state index contributed by atoms with van der Waals surface area (Å²) in [4.78, 5) is 22.7. The van der Waals surface area contributed by atoms with Crippen LogP contribution in [0.5, 0.6) is 0 Å². The van der Waals surface area contributed by atoms with Crippen molar-refractivity contribution in [3.05, 3.63) is 41.2 Å². The van der Waals surface area contributed by atoms with E-state index in [9.17, 15) is 9.59 Å². The third-order valence-electron chi connectivity index (χ3n) is 2.08. The zero-order valence-corrected chi connectivity index (χ0v) is 11.0. The van der Waals surface area contributed by atoms with Crippen molar-refractivity contribution in [2.75, 3.05) is 7.11 Å². The fourth-order valence-electron chi connectivity index (χ4n) is 1.21. The first-order chi connectivity index (χ1) is 8.02. The molecule has 4 nitrogen and oxygen atoms in total. The third-order valence-corrected chi connectivity index (χ3v) is 2.61. The molecule has 0 bridgehead atoms. The molecule has 1 N–H and O–H groups in total. The molecule has 0 aliphatic rings. The highest BCUT2D eigenvalue weighted by Crippen LogP contribution is 2.10. The third kappa shape index (κ3) is 4.56. The minimum atomic E-state index is -0.501. The average Bonchev–Trinajstić information content (AvgIpc) is 2.29. The highest BCUT2D eigenvalue weighted by molar-refractivity contribution is 9.10. The summed E-state index contributed by atoms with van der Waals surface area (Å²) in [6.45, 7) is 3.67. The van der Waals surface area contributed by atoms with Gasteiger partial charge in [0.15, 0.2) is 0 Å². The maximum atomic E-state index is 11.7. The predicted molar refractivity (Wildman–Crippen MR) is 67.4 cm³/mol. The van der Waals surface area contributed by atoms with E-state index in [4.69, 9.17) is 0 Å². The van der Waals surface area contributed by atoms with Crippen molar-refractivity contribution in [1.29, 1.82) is 0 Å². The molecule has 0 unspecified atom stereocenters. The van der Waals surface area contributed by atoms with E-state index in [-0.39, 0.29) is 12.3 Å². The van der Waals surface area contributed by atoms with E-state index in [1.54, 1.807) is 24.3 Å². The molecule has 5 heteroatoms. The Morgan fingerprint density at radius 1 is 1.41 bits per heavy atom. The summed E-state index contributed by atoms with van der Waals surface area (Å²) < 4.78 is 5.39. The van der Waals surface area contributed by atoms with E-state index >= 15 is 0 Å². The number of carbonyl (C=O) groups is 2. The summed E-state index contributed by atoms with van der Waals surface area (Å²) in [5, 5.41) is 2.61. The average molecular weight is 299 g/mol. The highest BCUT2D eigenvalue weighted by Gasteiger charge is 2.13. The number of halogens is 1. The van der Waals surface area contributed by atoms with Gasteiger partial charge in [-0.05, 0) is 31.2 Å². The van der Waals surface area contributed by atoms with Gasteiger partial charge in [0.1, 0.15) is 0 Å². The van der Waals surface area contributed by atoms with Gasteiger partial charge in [0.05, 0.1) is 13.5 Å². The van der Waals surface area contributed by atoms with Crippen molar-refractivity contribution in [3.8, 4) is 0 Å². The number of hydrogen-bond donors (Lipinski definition) is 1. The van der Waals surface area contributed by atoms with Crippen LogP contribution in [0.4, 0.5) is 0 Å². The number of amides is 1. The molecule has 1 atom stereocenters. The molecule has 0 saturated heterocycles. The van der Waals surface area contributed by atoms with Crippen LogP contribution < -0.4 is 5.32 Å². The van der Waals surface area contributed by atoms with E-state index in [1.165, 1.54) is 7.11 Å². The molecule has 1 rings (SSSR count). The smallest absolute Gasteiger partial charge is 0.307 e. The molecular formula is C12H13BrNO3. The summed E-state index contributed by atoms with van der Waals surface area (Å²) in [5.74, 6) is -0.664. The lowest BCUT2D eigenvalue weighted by Gasteiger charge is -2.12. The molecule has 0 aliphatic heterocycles. The largest absolute Gasteiger partial charge is 0.469 e. The minimum absolute atomic E-state index is 0.0543. The molecule has 0 heterocycles. The van der Waals surface area contributed by atoms with E-state index in [2.05, 4.69) is 32.9 Å². The molecule has 17 heavy (non-hydrogen) atoms. The molecule has 0 saturated carbocycles. The van der Waals surface area contributed by atoms with Crippen LogP contribution in [0.2, 0.25) is 0 Å². The quantitative estimate of drug-likeness (QED) is 0.865. The fraction of sp³-hybridized carbons (Fsp3) is 0.250. The van der Waals surface area contributed by atoms with E-state index in [1.807, 2.05) is 0 Å². The van der Waals surface area contributed by atoms with Crippen molar-refractivity contribution in [2.24, 2.45) is 0 Å². The topological polar surface area (TPSA) is 55.4 Å². The first-order valence-corrected chi connectivity index (χ1v) is 5.78. The summed E-state index contributed by atoms with van der Waals surface area (Å²) in [6.07, 6.45) is 0.0543. The SMILES string of the molecule is [CH2][C@H](CC(=O)OC)NC(=O)c1ccc(Br)cc1. The standard InChI is InChI=1S/C12H13BrNO3/c1-8(7-11(15)17-2)14-12(16)9-3-5-10(13)6-4-9/h3-6,8H,1,7H2,2H3,(H,14,16)/t8-/m1/s1. The van der Waals surface area contributed by atoms with Gasteiger partial charge in [-0.25, -0.2) is 0 Å². The van der Waals surface area contributed by atoms with Crippen LogP contribution in [0.15, 0.2) is 28.7 Å². The second kappa shape index (κ2) is 6.39. The van der Waals surface area contributed by atoms with E-state index in [0.717, 1.165) is 4.47 Å². The summed E-state index contributed by atoms with van der Waals surface area (Å²) >= 11 is 3.28. The van der Waals surface area contributed by atoms with Gasteiger partial charge >= 0.3 is 5.97 Å². The molecule has 1 aromatic carbocycles. The molecule has 0 aromatic heterocycles. The summed E-state index contributed by atoms with van der Waals surface area (Å²) in [7, 11) is 1.30. The van der Waals surface area contributed by atoms with Crippen LogP contribution in [0.25, 0.3) is 0 Å². The van der Waals surface area contributed by atoms with Gasteiger partial charge in [-0.1, -0.05) is 15.9 Å². The van der Waals surface area contributed by atoms with Crippen molar-refractivity contribution in [1.82, 2.24) is 5.32 Å². The van der Waals surface area contributed by atoms with Gasteiger partial charge in [0.2, 0.25) is 0 Å². The lowest BCUT2D eigenvalue weighted by molar-refractivity contribution is -0.140. The fourth-order valence-corrected chi connectivity index (χ4v) is 1.47. The second-order valence-electron chi connectivity index (χ2n) is 3.46. The van der Waals surface area contributed by atoms with E-state index in [0.29, 0.717) is 5.56 Å². The zero-order chi connectivity index (χ0) is 12.8. The zero-order valence-electron chi connectivity index (χ0n) is 9.40. The Kier molecular flexibility index (Phi) is 5.15. The van der Waals surface area contributed by atoms with Crippen molar-refractivity contribution >= 4 is 27.8 Å². The maximum Gasteiger partial charge on any atom is 0.307 e.